The summed E-state index contributed by atoms with van der Waals surface area (Å²) in [6.07, 6.45) is 5.92. The van der Waals surface area contributed by atoms with Crippen molar-refractivity contribution in [1.82, 2.24) is 24.7 Å². The molecule has 2 aromatic rings. The molecule has 2 aliphatic heterocycles. The molecule has 6 nitrogen and oxygen atoms in total. The zero-order valence-electron chi connectivity index (χ0n) is 17.4. The predicted molar refractivity (Wildman–Crippen MR) is 120 cm³/mol. The van der Waals surface area contributed by atoms with Crippen LogP contribution >= 0.6 is 23.1 Å². The average molecular weight is 432 g/mol. The van der Waals surface area contributed by atoms with Gasteiger partial charge in [0, 0.05) is 62.6 Å². The highest BCUT2D eigenvalue weighted by Gasteiger charge is 2.53. The topological polar surface area (TPSA) is 52.6 Å². The Morgan fingerprint density at radius 2 is 2.10 bits per heavy atom. The van der Waals surface area contributed by atoms with Crippen molar-refractivity contribution >= 4 is 29.0 Å². The Bertz CT molecular complexity index is 826. The number of hydrogen-bond donors (Lipinski definition) is 0. The first-order valence-corrected chi connectivity index (χ1v) is 12.2. The zero-order chi connectivity index (χ0) is 20.4. The molecule has 8 heteroatoms. The van der Waals surface area contributed by atoms with Crippen LogP contribution in [0.3, 0.4) is 0 Å². The smallest absolute Gasteiger partial charge is 0.232 e. The molecule has 0 N–H and O–H groups in total. The minimum atomic E-state index is 0.162. The second kappa shape index (κ2) is 8.71. The van der Waals surface area contributed by atoms with Gasteiger partial charge in [0.05, 0.1) is 10.6 Å². The Morgan fingerprint density at radius 1 is 1.31 bits per heavy atom. The number of thioether (sulfide) groups is 1. The lowest BCUT2D eigenvalue weighted by atomic mass is 9.80. The van der Waals surface area contributed by atoms with Crippen LogP contribution in [0.2, 0.25) is 0 Å². The molecular weight excluding hydrogens is 402 g/mol. The first-order valence-electron chi connectivity index (χ1n) is 9.98. The normalized spacial score (nSPS) is 24.4. The summed E-state index contributed by atoms with van der Waals surface area (Å²) in [6, 6.07) is 4.08. The summed E-state index contributed by atoms with van der Waals surface area (Å²) in [6.45, 7) is 5.70. The second-order valence-electron chi connectivity index (χ2n) is 8.57. The minimum absolute atomic E-state index is 0.162. The highest BCUT2D eigenvalue weighted by molar-refractivity contribution is 7.99. The highest BCUT2D eigenvalue weighted by atomic mass is 32.2. The van der Waals surface area contributed by atoms with Gasteiger partial charge in [-0.15, -0.1) is 11.3 Å². The maximum atomic E-state index is 12.5. The van der Waals surface area contributed by atoms with Gasteiger partial charge in [-0.3, -0.25) is 9.69 Å². The number of rotatable bonds is 7. The molecule has 4 rings (SSSR count). The number of nitrogens with zero attached hydrogens (tertiary/aromatic N) is 5. The van der Waals surface area contributed by atoms with E-state index in [1.54, 1.807) is 23.1 Å². The van der Waals surface area contributed by atoms with Gasteiger partial charge in [-0.1, -0.05) is 6.07 Å². The molecule has 4 heterocycles. The van der Waals surface area contributed by atoms with Crippen LogP contribution < -0.4 is 0 Å². The Balaban J connectivity index is 1.43. The summed E-state index contributed by atoms with van der Waals surface area (Å²) in [5, 5.41) is 2.05. The molecule has 2 aliphatic rings. The largest absolute Gasteiger partial charge is 0.341 e. The summed E-state index contributed by atoms with van der Waals surface area (Å²) < 4.78 is 0. The number of hydrogen-bond acceptors (Lipinski definition) is 7. The van der Waals surface area contributed by atoms with Crippen molar-refractivity contribution in [2.75, 3.05) is 58.8 Å². The number of thiophene rings is 1. The van der Waals surface area contributed by atoms with E-state index < -0.39 is 0 Å². The number of carbonyl (C=O) groups excluding carboxylic acids is 1. The molecule has 0 bridgehead atoms. The number of likely N-dealkylation sites (tertiary alicyclic amines) is 2. The van der Waals surface area contributed by atoms with Gasteiger partial charge >= 0.3 is 0 Å². The fourth-order valence-corrected chi connectivity index (χ4v) is 6.00. The molecule has 0 aromatic carbocycles. The third-order valence-corrected chi connectivity index (χ3v) is 7.34. The lowest BCUT2D eigenvalue weighted by molar-refractivity contribution is -0.128. The average Bonchev–Trinajstić information content (AvgIpc) is 3.37. The van der Waals surface area contributed by atoms with E-state index in [1.165, 1.54) is 0 Å². The number of fused-ring (bicyclic) bond motifs is 1. The molecule has 1 amide bonds. The first-order chi connectivity index (χ1) is 14.0. The zero-order valence-corrected chi connectivity index (χ0v) is 19.0. The summed E-state index contributed by atoms with van der Waals surface area (Å²) in [4.78, 5) is 29.6. The third kappa shape index (κ3) is 4.50. The highest BCUT2D eigenvalue weighted by Crippen LogP contribution is 2.43. The molecule has 0 saturated carbocycles. The van der Waals surface area contributed by atoms with Crippen LogP contribution in [-0.4, -0.2) is 89.4 Å². The molecule has 29 heavy (non-hydrogen) atoms. The lowest BCUT2D eigenvalue weighted by Crippen LogP contribution is -2.43. The fourth-order valence-electron chi connectivity index (χ4n) is 4.90. The summed E-state index contributed by atoms with van der Waals surface area (Å²) in [5.74, 6) is 2.20. The van der Waals surface area contributed by atoms with Crippen molar-refractivity contribution in [2.24, 2.45) is 11.3 Å². The Morgan fingerprint density at radius 3 is 2.76 bits per heavy atom. The minimum Gasteiger partial charge on any atom is -0.341 e. The Labute approximate surface area is 181 Å². The van der Waals surface area contributed by atoms with E-state index in [0.717, 1.165) is 55.5 Å². The van der Waals surface area contributed by atoms with E-state index in [9.17, 15) is 4.79 Å². The van der Waals surface area contributed by atoms with Crippen LogP contribution in [-0.2, 0) is 11.3 Å². The van der Waals surface area contributed by atoms with Crippen LogP contribution in [0.15, 0.2) is 29.9 Å². The molecule has 2 saturated heterocycles. The van der Waals surface area contributed by atoms with Crippen molar-refractivity contribution in [3.63, 3.8) is 0 Å². The van der Waals surface area contributed by atoms with Gasteiger partial charge in [0.2, 0.25) is 5.91 Å². The molecule has 2 fully saturated rings. The Kier molecular flexibility index (Phi) is 6.24. The van der Waals surface area contributed by atoms with Crippen molar-refractivity contribution in [3.05, 3.63) is 35.5 Å². The fraction of sp³-hybridized carbons (Fsp3) is 0.571. The summed E-state index contributed by atoms with van der Waals surface area (Å²) in [5.41, 5.74) is 1.32. The van der Waals surface area contributed by atoms with Crippen molar-refractivity contribution < 1.29 is 4.79 Å². The third-order valence-electron chi connectivity index (χ3n) is 5.93. The molecule has 0 aliphatic carbocycles. The maximum Gasteiger partial charge on any atom is 0.232 e. The van der Waals surface area contributed by atoms with Crippen LogP contribution in [0.4, 0.5) is 0 Å². The molecule has 156 valence electrons. The van der Waals surface area contributed by atoms with Gasteiger partial charge in [0.1, 0.15) is 0 Å². The standard InChI is InChI=1S/C21H29N5OS2/c1-24(2)13-21-14-25(10-17(21)11-26(15-21)19(27)12-28-3)9-16-7-22-20(23-8-16)18-5-4-6-29-18/h4-8,17H,9-15H2,1-3H3. The van der Waals surface area contributed by atoms with E-state index in [1.807, 2.05) is 30.1 Å². The molecular formula is C21H29N5OS2. The van der Waals surface area contributed by atoms with Gasteiger partial charge in [0.25, 0.3) is 0 Å². The van der Waals surface area contributed by atoms with E-state index in [-0.39, 0.29) is 11.3 Å². The van der Waals surface area contributed by atoms with Crippen molar-refractivity contribution in [3.8, 4) is 10.7 Å². The quantitative estimate of drug-likeness (QED) is 0.671. The van der Waals surface area contributed by atoms with E-state index in [2.05, 4.69) is 44.8 Å². The predicted octanol–water partition coefficient (Wildman–Crippen LogP) is 2.39. The summed E-state index contributed by atoms with van der Waals surface area (Å²) >= 11 is 3.28. The molecule has 2 unspecified atom stereocenters. The second-order valence-corrected chi connectivity index (χ2v) is 10.4. The van der Waals surface area contributed by atoms with Gasteiger partial charge in [-0.05, 0) is 37.7 Å². The van der Waals surface area contributed by atoms with Crippen molar-refractivity contribution in [2.45, 2.75) is 6.54 Å². The Hall–Kier alpha value is -1.48. The van der Waals surface area contributed by atoms with Crippen LogP contribution in [0.25, 0.3) is 10.7 Å². The van der Waals surface area contributed by atoms with Gasteiger partial charge in [0.15, 0.2) is 5.82 Å². The van der Waals surface area contributed by atoms with E-state index in [4.69, 9.17) is 0 Å². The van der Waals surface area contributed by atoms with Crippen LogP contribution in [0.1, 0.15) is 5.56 Å². The molecule has 2 atom stereocenters. The van der Waals surface area contributed by atoms with E-state index >= 15 is 0 Å². The molecule has 0 spiro atoms. The SMILES string of the molecule is CSCC(=O)N1CC2CN(Cc3cnc(-c4cccs4)nc3)CC2(CN(C)C)C1. The summed E-state index contributed by atoms with van der Waals surface area (Å²) in [7, 11) is 4.27. The van der Waals surface area contributed by atoms with Gasteiger partial charge in [-0.25, -0.2) is 9.97 Å². The monoisotopic (exact) mass is 431 g/mol. The van der Waals surface area contributed by atoms with E-state index in [0.29, 0.717) is 11.7 Å². The van der Waals surface area contributed by atoms with Gasteiger partial charge < -0.3 is 9.80 Å². The first kappa shape index (κ1) is 20.8. The maximum absolute atomic E-state index is 12.5. The van der Waals surface area contributed by atoms with Crippen molar-refractivity contribution in [1.29, 1.82) is 0 Å². The number of carbonyl (C=O) groups is 1. The lowest BCUT2D eigenvalue weighted by Gasteiger charge is -2.32. The molecule has 0 radical (unpaired) electrons. The number of aromatic nitrogens is 2. The van der Waals surface area contributed by atoms with Crippen LogP contribution in [0, 0.1) is 11.3 Å². The van der Waals surface area contributed by atoms with Gasteiger partial charge in [-0.2, -0.15) is 11.8 Å². The van der Waals surface area contributed by atoms with Crippen LogP contribution in [0.5, 0.6) is 0 Å². The molecule has 2 aromatic heterocycles. The number of amides is 1.